The van der Waals surface area contributed by atoms with Crippen molar-refractivity contribution >= 4 is 5.82 Å². The van der Waals surface area contributed by atoms with Crippen LogP contribution in [0.4, 0.5) is 5.82 Å². The van der Waals surface area contributed by atoms with Crippen molar-refractivity contribution in [2.45, 2.75) is 31.6 Å². The number of rotatable bonds is 4. The van der Waals surface area contributed by atoms with Gasteiger partial charge in [0.05, 0.1) is 7.11 Å². The molecule has 0 aliphatic heterocycles. The van der Waals surface area contributed by atoms with E-state index in [0.717, 1.165) is 5.69 Å². The number of ether oxygens (including phenoxy) is 1. The Hall–Kier alpha value is -2.21. The van der Waals surface area contributed by atoms with Crippen LogP contribution in [0.1, 0.15) is 37.3 Å². The first kappa shape index (κ1) is 13.8. The van der Waals surface area contributed by atoms with Crippen LogP contribution in [0.15, 0.2) is 24.3 Å². The Morgan fingerprint density at radius 2 is 2.00 bits per heavy atom. The molecule has 0 radical (unpaired) electrons. The maximum atomic E-state index is 5.54. The third-order valence-electron chi connectivity index (χ3n) is 3.83. The summed E-state index contributed by atoms with van der Waals surface area (Å²) in [5, 5.41) is 0. The molecule has 0 saturated heterocycles. The molecule has 1 fully saturated rings. The molecule has 21 heavy (non-hydrogen) atoms. The molecule has 0 aromatic carbocycles. The summed E-state index contributed by atoms with van der Waals surface area (Å²) in [5.74, 6) is 7.76. The quantitative estimate of drug-likeness (QED) is 0.663. The summed E-state index contributed by atoms with van der Waals surface area (Å²) in [6, 6.07) is 7.48. The second kappa shape index (κ2) is 6.05. The molecule has 0 amide bonds. The molecule has 0 bridgehead atoms. The first-order chi connectivity index (χ1) is 10.3. The van der Waals surface area contributed by atoms with E-state index in [4.69, 9.17) is 10.6 Å². The lowest BCUT2D eigenvalue weighted by atomic mass is 10.0. The molecular formula is C15H19N5O. The summed E-state index contributed by atoms with van der Waals surface area (Å²) in [4.78, 5) is 13.5. The standard InChI is InChI=1S/C15H19N5O/c1-21-14-8-4-7-11(17-14)15-18-12(9-13(19-15)20-16)10-5-2-3-6-10/h4,7-10H,2-3,5-6,16H2,1H3,(H,18,19,20). The summed E-state index contributed by atoms with van der Waals surface area (Å²) < 4.78 is 5.16. The molecule has 6 heteroatoms. The van der Waals surface area contributed by atoms with Crippen molar-refractivity contribution in [3.05, 3.63) is 30.0 Å². The van der Waals surface area contributed by atoms with Gasteiger partial charge in [0.15, 0.2) is 5.82 Å². The maximum absolute atomic E-state index is 5.54. The minimum Gasteiger partial charge on any atom is -0.481 e. The summed E-state index contributed by atoms with van der Waals surface area (Å²) in [6.45, 7) is 0. The van der Waals surface area contributed by atoms with Crippen LogP contribution in [-0.4, -0.2) is 22.1 Å². The fraction of sp³-hybridized carbons (Fsp3) is 0.400. The SMILES string of the molecule is COc1cccc(-c2nc(NN)cc(C3CCCC3)n2)n1. The molecule has 1 aliphatic rings. The average molecular weight is 285 g/mol. The van der Waals surface area contributed by atoms with E-state index in [2.05, 4.69) is 20.4 Å². The predicted octanol–water partition coefficient (Wildman–Crippen LogP) is 2.49. The third kappa shape index (κ3) is 2.95. The summed E-state index contributed by atoms with van der Waals surface area (Å²) >= 11 is 0. The summed E-state index contributed by atoms with van der Waals surface area (Å²) in [6.07, 6.45) is 4.86. The van der Waals surface area contributed by atoms with Gasteiger partial charge in [-0.2, -0.15) is 0 Å². The zero-order chi connectivity index (χ0) is 14.7. The van der Waals surface area contributed by atoms with E-state index in [1.807, 2.05) is 18.2 Å². The highest BCUT2D eigenvalue weighted by Crippen LogP contribution is 2.34. The van der Waals surface area contributed by atoms with Gasteiger partial charge < -0.3 is 10.2 Å². The van der Waals surface area contributed by atoms with Crippen LogP contribution in [0, 0.1) is 0 Å². The van der Waals surface area contributed by atoms with Crippen molar-refractivity contribution in [2.75, 3.05) is 12.5 Å². The van der Waals surface area contributed by atoms with Crippen LogP contribution < -0.4 is 16.0 Å². The van der Waals surface area contributed by atoms with Gasteiger partial charge in [-0.3, -0.25) is 0 Å². The smallest absolute Gasteiger partial charge is 0.213 e. The van der Waals surface area contributed by atoms with Crippen LogP contribution in [0.25, 0.3) is 11.5 Å². The Balaban J connectivity index is 2.02. The molecule has 6 nitrogen and oxygen atoms in total. The topological polar surface area (TPSA) is 86.0 Å². The highest BCUT2D eigenvalue weighted by Gasteiger charge is 2.20. The number of aromatic nitrogens is 3. The van der Waals surface area contributed by atoms with Gasteiger partial charge in [0.1, 0.15) is 11.5 Å². The largest absolute Gasteiger partial charge is 0.481 e. The zero-order valence-electron chi connectivity index (χ0n) is 12.0. The maximum Gasteiger partial charge on any atom is 0.213 e. The van der Waals surface area contributed by atoms with E-state index in [-0.39, 0.29) is 0 Å². The third-order valence-corrected chi connectivity index (χ3v) is 3.83. The highest BCUT2D eigenvalue weighted by molar-refractivity contribution is 5.54. The number of methoxy groups -OCH3 is 1. The monoisotopic (exact) mass is 285 g/mol. The molecule has 1 saturated carbocycles. The molecule has 1 aliphatic carbocycles. The predicted molar refractivity (Wildman–Crippen MR) is 80.8 cm³/mol. The van der Waals surface area contributed by atoms with E-state index < -0.39 is 0 Å². The van der Waals surface area contributed by atoms with Gasteiger partial charge in [0.25, 0.3) is 0 Å². The Morgan fingerprint density at radius 3 is 2.71 bits per heavy atom. The minimum absolute atomic E-state index is 0.490. The Bertz CT molecular complexity index is 625. The van der Waals surface area contributed by atoms with Crippen LogP contribution in [0.2, 0.25) is 0 Å². The fourth-order valence-corrected chi connectivity index (χ4v) is 2.74. The highest BCUT2D eigenvalue weighted by atomic mass is 16.5. The molecule has 2 heterocycles. The van der Waals surface area contributed by atoms with Gasteiger partial charge in [-0.25, -0.2) is 20.8 Å². The molecule has 0 unspecified atom stereocenters. The van der Waals surface area contributed by atoms with Crippen LogP contribution in [0.3, 0.4) is 0 Å². The molecule has 0 spiro atoms. The number of nitrogens with two attached hydrogens (primary N) is 1. The van der Waals surface area contributed by atoms with Gasteiger partial charge >= 0.3 is 0 Å². The lowest BCUT2D eigenvalue weighted by Crippen LogP contribution is -2.11. The second-order valence-corrected chi connectivity index (χ2v) is 5.19. The number of nitrogens with one attached hydrogen (secondary N) is 1. The van der Waals surface area contributed by atoms with E-state index in [0.29, 0.717) is 29.1 Å². The summed E-state index contributed by atoms with van der Waals surface area (Å²) in [5.41, 5.74) is 4.34. The molecule has 2 aromatic rings. The van der Waals surface area contributed by atoms with Crippen molar-refractivity contribution < 1.29 is 4.74 Å². The molecule has 2 aromatic heterocycles. The number of anilines is 1. The molecular weight excluding hydrogens is 266 g/mol. The lowest BCUT2D eigenvalue weighted by Gasteiger charge is -2.12. The van der Waals surface area contributed by atoms with Crippen LogP contribution in [0.5, 0.6) is 5.88 Å². The molecule has 110 valence electrons. The molecule has 0 atom stereocenters. The zero-order valence-corrected chi connectivity index (χ0v) is 12.0. The normalized spacial score (nSPS) is 15.1. The number of nitrogens with zero attached hydrogens (tertiary/aromatic N) is 3. The minimum atomic E-state index is 0.490. The average Bonchev–Trinajstić information content (AvgIpc) is 3.09. The van der Waals surface area contributed by atoms with Crippen LogP contribution in [-0.2, 0) is 0 Å². The van der Waals surface area contributed by atoms with Crippen LogP contribution >= 0.6 is 0 Å². The number of hydrogen-bond acceptors (Lipinski definition) is 6. The van der Waals surface area contributed by atoms with Crippen molar-refractivity contribution in [3.63, 3.8) is 0 Å². The number of nitrogen functional groups attached to an aromatic ring is 1. The van der Waals surface area contributed by atoms with Gasteiger partial charge in [-0.05, 0) is 18.9 Å². The number of hydrogen-bond donors (Lipinski definition) is 2. The molecule has 3 N–H and O–H groups in total. The first-order valence-electron chi connectivity index (χ1n) is 7.17. The van der Waals surface area contributed by atoms with E-state index in [9.17, 15) is 0 Å². The van der Waals surface area contributed by atoms with E-state index >= 15 is 0 Å². The van der Waals surface area contributed by atoms with Crippen molar-refractivity contribution in [1.82, 2.24) is 15.0 Å². The Labute approximate surface area is 123 Å². The number of pyridine rings is 1. The first-order valence-corrected chi connectivity index (χ1v) is 7.17. The van der Waals surface area contributed by atoms with Crippen molar-refractivity contribution in [2.24, 2.45) is 5.84 Å². The second-order valence-electron chi connectivity index (χ2n) is 5.19. The van der Waals surface area contributed by atoms with Crippen molar-refractivity contribution in [3.8, 4) is 17.4 Å². The van der Waals surface area contributed by atoms with Gasteiger partial charge in [0.2, 0.25) is 5.88 Å². The lowest BCUT2D eigenvalue weighted by molar-refractivity contribution is 0.398. The van der Waals surface area contributed by atoms with Gasteiger partial charge in [-0.1, -0.05) is 18.9 Å². The Morgan fingerprint density at radius 1 is 1.19 bits per heavy atom. The fourth-order valence-electron chi connectivity index (χ4n) is 2.74. The van der Waals surface area contributed by atoms with Gasteiger partial charge in [0, 0.05) is 23.7 Å². The van der Waals surface area contributed by atoms with Crippen molar-refractivity contribution in [1.29, 1.82) is 0 Å². The number of hydrazine groups is 1. The van der Waals surface area contributed by atoms with E-state index in [1.165, 1.54) is 25.7 Å². The Kier molecular flexibility index (Phi) is 3.96. The van der Waals surface area contributed by atoms with Gasteiger partial charge in [-0.15, -0.1) is 0 Å². The summed E-state index contributed by atoms with van der Waals surface area (Å²) in [7, 11) is 1.59. The van der Waals surface area contributed by atoms with E-state index in [1.54, 1.807) is 13.2 Å². The molecule has 3 rings (SSSR count).